The molecule has 1 aromatic rings. The summed E-state index contributed by atoms with van der Waals surface area (Å²) in [6.45, 7) is 7.63. The molecular formula is C12H20N2O2S+2. The van der Waals surface area contributed by atoms with Gasteiger partial charge in [-0.25, -0.2) is 0 Å². The zero-order valence-electron chi connectivity index (χ0n) is 10.7. The van der Waals surface area contributed by atoms with Gasteiger partial charge in [-0.1, -0.05) is 0 Å². The summed E-state index contributed by atoms with van der Waals surface area (Å²) in [6.07, 6.45) is 3.37. The van der Waals surface area contributed by atoms with Crippen LogP contribution in [-0.4, -0.2) is 44.4 Å². The van der Waals surface area contributed by atoms with E-state index in [-0.39, 0.29) is 12.1 Å². The summed E-state index contributed by atoms with van der Waals surface area (Å²) in [6, 6.07) is 3.93. The third-order valence-electron chi connectivity index (χ3n) is 2.22. The second-order valence-electron chi connectivity index (χ2n) is 4.45. The van der Waals surface area contributed by atoms with E-state index in [0.29, 0.717) is 0 Å². The molecule has 0 aliphatic carbocycles. The minimum atomic E-state index is 0.0505. The summed E-state index contributed by atoms with van der Waals surface area (Å²) < 4.78 is 2.35. The highest BCUT2D eigenvalue weighted by Crippen LogP contribution is 2.12. The zero-order valence-corrected chi connectivity index (χ0v) is 11.5. The van der Waals surface area contributed by atoms with Crippen molar-refractivity contribution in [1.29, 1.82) is 0 Å². The van der Waals surface area contributed by atoms with Crippen LogP contribution in [0, 0.1) is 0 Å². The van der Waals surface area contributed by atoms with Crippen LogP contribution in [0.4, 0.5) is 0 Å². The first-order chi connectivity index (χ1) is 7.90. The molecule has 0 saturated heterocycles. The summed E-state index contributed by atoms with van der Waals surface area (Å²) in [5, 5.41) is 19.1. The predicted molar refractivity (Wildman–Crippen MR) is 69.0 cm³/mol. The van der Waals surface area contributed by atoms with Gasteiger partial charge in [0.1, 0.15) is 0 Å². The molecule has 0 spiro atoms. The van der Waals surface area contributed by atoms with Crippen molar-refractivity contribution in [3.8, 4) is 0 Å². The minimum absolute atomic E-state index is 0.0505. The monoisotopic (exact) mass is 256 g/mol. The molecule has 2 N–H and O–H groups in total. The van der Waals surface area contributed by atoms with E-state index in [0.717, 1.165) is 9.75 Å². The Morgan fingerprint density at radius 2 is 1.29 bits per heavy atom. The molecule has 0 atom stereocenters. The highest BCUT2D eigenvalue weighted by Gasteiger charge is 2.11. The van der Waals surface area contributed by atoms with Gasteiger partial charge in [0.15, 0.2) is 12.1 Å². The molecule has 0 amide bonds. The zero-order chi connectivity index (χ0) is 13.0. The second-order valence-corrected chi connectivity index (χ2v) is 5.59. The van der Waals surface area contributed by atoms with Crippen LogP contribution in [0.15, 0.2) is 12.1 Å². The number of rotatable bonds is 4. The van der Waals surface area contributed by atoms with Crippen molar-refractivity contribution in [2.24, 2.45) is 0 Å². The Bertz CT molecular complexity index is 395. The van der Waals surface area contributed by atoms with E-state index < -0.39 is 0 Å². The molecule has 0 saturated carbocycles. The summed E-state index contributed by atoms with van der Waals surface area (Å²) in [7, 11) is 0. The fraction of sp³-hybridized carbons (Fsp3) is 0.500. The summed E-state index contributed by atoms with van der Waals surface area (Å²) in [5.74, 6) is 0. The lowest BCUT2D eigenvalue weighted by Gasteiger charge is -1.94. The van der Waals surface area contributed by atoms with Crippen LogP contribution < -0.4 is 0 Å². The molecular weight excluding hydrogens is 236 g/mol. The van der Waals surface area contributed by atoms with Crippen molar-refractivity contribution in [2.75, 3.05) is 0 Å². The van der Waals surface area contributed by atoms with Gasteiger partial charge < -0.3 is 0 Å². The van der Waals surface area contributed by atoms with Crippen LogP contribution in [0.5, 0.6) is 0 Å². The highest BCUT2D eigenvalue weighted by atomic mass is 32.1. The molecule has 0 fully saturated rings. The van der Waals surface area contributed by atoms with Gasteiger partial charge in [-0.15, -0.1) is 11.3 Å². The van der Waals surface area contributed by atoms with E-state index in [1.165, 1.54) is 20.8 Å². The number of hydroxylamine groups is 2. The maximum Gasteiger partial charge on any atom is 0.232 e. The molecule has 0 aliphatic heterocycles. The van der Waals surface area contributed by atoms with Gasteiger partial charge >= 0.3 is 0 Å². The first-order valence-corrected chi connectivity index (χ1v) is 6.45. The normalized spacial score (nSPS) is 13.8. The van der Waals surface area contributed by atoms with Gasteiger partial charge in [-0.3, -0.25) is 10.4 Å². The van der Waals surface area contributed by atoms with Gasteiger partial charge in [0, 0.05) is 27.7 Å². The summed E-state index contributed by atoms with van der Waals surface area (Å²) in [4.78, 5) is 1.90. The Hall–Kier alpha value is -1.36. The second kappa shape index (κ2) is 5.82. The summed E-state index contributed by atoms with van der Waals surface area (Å²) in [5.41, 5.74) is 0. The average Bonchev–Trinajstić information content (AvgIpc) is 2.65. The number of hydrogen-bond donors (Lipinski definition) is 2. The van der Waals surface area contributed by atoms with Crippen LogP contribution in [0.3, 0.4) is 0 Å². The smallest absolute Gasteiger partial charge is 0.232 e. The Morgan fingerprint density at radius 1 is 0.941 bits per heavy atom. The van der Waals surface area contributed by atoms with Crippen molar-refractivity contribution >= 4 is 23.8 Å². The van der Waals surface area contributed by atoms with Crippen molar-refractivity contribution < 1.29 is 19.9 Å². The molecule has 1 heterocycles. The third kappa shape index (κ3) is 4.19. The van der Waals surface area contributed by atoms with Gasteiger partial charge in [0.05, 0.1) is 9.75 Å². The number of nitrogens with zero attached hydrogens (tertiary/aromatic N) is 2. The summed E-state index contributed by atoms with van der Waals surface area (Å²) >= 11 is 1.51. The standard InChI is InChI=1S/C12H20N2O2S/c1-9(2)13(15)7-11-5-6-12(17-11)8-14(16)10(3)4/h5-10,15-16H,1-4H3/q+2. The van der Waals surface area contributed by atoms with Gasteiger partial charge in [-0.2, -0.15) is 0 Å². The molecule has 0 radical (unpaired) electrons. The highest BCUT2D eigenvalue weighted by molar-refractivity contribution is 7.15. The van der Waals surface area contributed by atoms with Crippen molar-refractivity contribution in [3.63, 3.8) is 0 Å². The third-order valence-corrected chi connectivity index (χ3v) is 3.18. The van der Waals surface area contributed by atoms with Crippen LogP contribution in [0.2, 0.25) is 0 Å². The maximum absolute atomic E-state index is 9.57. The Morgan fingerprint density at radius 3 is 1.59 bits per heavy atom. The van der Waals surface area contributed by atoms with Gasteiger partial charge in [-0.05, 0) is 21.6 Å². The SMILES string of the molecule is CC(C)[N+](O)=Cc1ccc(C=[N+](O)C(C)C)s1. The Labute approximate surface area is 106 Å². The lowest BCUT2D eigenvalue weighted by atomic mass is 10.4. The largest absolute Gasteiger partial charge is 0.291 e. The Balaban J connectivity index is 2.86. The molecule has 0 unspecified atom stereocenters. The van der Waals surface area contributed by atoms with E-state index in [2.05, 4.69) is 0 Å². The minimum Gasteiger partial charge on any atom is -0.291 e. The van der Waals surface area contributed by atoms with Gasteiger partial charge in [0.25, 0.3) is 0 Å². The van der Waals surface area contributed by atoms with E-state index in [1.807, 2.05) is 39.8 Å². The lowest BCUT2D eigenvalue weighted by molar-refractivity contribution is -0.791. The fourth-order valence-electron chi connectivity index (χ4n) is 1.07. The molecule has 17 heavy (non-hydrogen) atoms. The molecule has 0 aromatic carbocycles. The van der Waals surface area contributed by atoms with Crippen LogP contribution in [-0.2, 0) is 0 Å². The molecule has 1 aromatic heterocycles. The first kappa shape index (κ1) is 13.7. The molecule has 0 bridgehead atoms. The van der Waals surface area contributed by atoms with E-state index in [9.17, 15) is 10.4 Å². The number of hydrogen-bond acceptors (Lipinski definition) is 3. The van der Waals surface area contributed by atoms with E-state index in [4.69, 9.17) is 0 Å². The average molecular weight is 256 g/mol. The molecule has 1 rings (SSSR count). The van der Waals surface area contributed by atoms with Crippen molar-refractivity contribution in [1.82, 2.24) is 0 Å². The maximum atomic E-state index is 9.57. The van der Waals surface area contributed by atoms with Crippen LogP contribution in [0.1, 0.15) is 37.4 Å². The molecule has 94 valence electrons. The van der Waals surface area contributed by atoms with E-state index in [1.54, 1.807) is 12.4 Å². The van der Waals surface area contributed by atoms with Crippen molar-refractivity contribution in [2.45, 2.75) is 39.8 Å². The topological polar surface area (TPSA) is 46.5 Å². The van der Waals surface area contributed by atoms with Crippen LogP contribution >= 0.6 is 11.3 Å². The first-order valence-electron chi connectivity index (χ1n) is 5.64. The fourth-order valence-corrected chi connectivity index (χ4v) is 1.93. The molecule has 4 nitrogen and oxygen atoms in total. The molecule has 0 aliphatic rings. The lowest BCUT2D eigenvalue weighted by Crippen LogP contribution is -2.17. The van der Waals surface area contributed by atoms with Gasteiger partial charge in [0.2, 0.25) is 12.4 Å². The quantitative estimate of drug-likeness (QED) is 0.375. The molecule has 5 heteroatoms. The Kier molecular flexibility index (Phi) is 4.69. The van der Waals surface area contributed by atoms with Crippen LogP contribution in [0.25, 0.3) is 0 Å². The van der Waals surface area contributed by atoms with Crippen molar-refractivity contribution in [3.05, 3.63) is 21.9 Å². The number of thiophene rings is 1. The predicted octanol–water partition coefficient (Wildman–Crippen LogP) is 2.21. The van der Waals surface area contributed by atoms with E-state index >= 15 is 0 Å².